The fourth-order valence-corrected chi connectivity index (χ4v) is 1.78. The summed E-state index contributed by atoms with van der Waals surface area (Å²) in [6.07, 6.45) is 0. The van der Waals surface area contributed by atoms with Crippen molar-refractivity contribution in [2.75, 3.05) is 11.9 Å². The van der Waals surface area contributed by atoms with Gasteiger partial charge in [-0.3, -0.25) is 9.59 Å². The molecule has 0 aliphatic rings. The van der Waals surface area contributed by atoms with Crippen LogP contribution in [-0.4, -0.2) is 18.4 Å². The second-order valence-electron chi connectivity index (χ2n) is 4.47. The van der Waals surface area contributed by atoms with Crippen LogP contribution in [0.5, 0.6) is 0 Å². The van der Waals surface area contributed by atoms with Crippen molar-refractivity contribution < 1.29 is 9.59 Å². The van der Waals surface area contributed by atoms with Crippen LogP contribution >= 0.6 is 0 Å². The van der Waals surface area contributed by atoms with Crippen molar-refractivity contribution >= 4 is 17.5 Å². The summed E-state index contributed by atoms with van der Waals surface area (Å²) in [6, 6.07) is 16.3. The van der Waals surface area contributed by atoms with E-state index in [4.69, 9.17) is 0 Å². The highest BCUT2D eigenvalue weighted by atomic mass is 16.2. The van der Waals surface area contributed by atoms with E-state index in [2.05, 4.69) is 10.6 Å². The number of rotatable bonds is 4. The van der Waals surface area contributed by atoms with E-state index >= 15 is 0 Å². The van der Waals surface area contributed by atoms with E-state index in [0.717, 1.165) is 11.3 Å². The van der Waals surface area contributed by atoms with E-state index in [-0.39, 0.29) is 18.4 Å². The van der Waals surface area contributed by atoms with Gasteiger partial charge in [0, 0.05) is 11.3 Å². The van der Waals surface area contributed by atoms with Crippen molar-refractivity contribution in [3.05, 3.63) is 65.7 Å². The molecule has 0 aromatic heterocycles. The molecule has 0 bridgehead atoms. The molecular weight excluding hydrogens is 252 g/mol. The maximum Gasteiger partial charge on any atom is 0.251 e. The van der Waals surface area contributed by atoms with Crippen molar-refractivity contribution in [3.63, 3.8) is 0 Å². The Labute approximate surface area is 117 Å². The number of benzene rings is 2. The van der Waals surface area contributed by atoms with E-state index in [1.807, 2.05) is 37.3 Å². The minimum atomic E-state index is -0.259. The molecule has 0 saturated carbocycles. The second-order valence-corrected chi connectivity index (χ2v) is 4.47. The topological polar surface area (TPSA) is 58.2 Å². The highest BCUT2D eigenvalue weighted by molar-refractivity contribution is 5.99. The summed E-state index contributed by atoms with van der Waals surface area (Å²) in [5.74, 6) is -0.509. The molecule has 0 atom stereocenters. The quantitative estimate of drug-likeness (QED) is 0.894. The normalized spacial score (nSPS) is 9.85. The fourth-order valence-electron chi connectivity index (χ4n) is 1.78. The zero-order valence-corrected chi connectivity index (χ0v) is 11.2. The third-order valence-corrected chi connectivity index (χ3v) is 2.75. The molecule has 0 radical (unpaired) electrons. The zero-order chi connectivity index (χ0) is 14.4. The molecule has 0 spiro atoms. The summed E-state index contributed by atoms with van der Waals surface area (Å²) in [7, 11) is 0. The van der Waals surface area contributed by atoms with Crippen LogP contribution in [-0.2, 0) is 4.79 Å². The lowest BCUT2D eigenvalue weighted by atomic mass is 10.2. The molecular formula is C16H16N2O2. The van der Waals surface area contributed by atoms with Crippen LogP contribution in [0, 0.1) is 6.92 Å². The van der Waals surface area contributed by atoms with Crippen molar-refractivity contribution in [3.8, 4) is 0 Å². The summed E-state index contributed by atoms with van der Waals surface area (Å²) in [5.41, 5.74) is 2.33. The van der Waals surface area contributed by atoms with Gasteiger partial charge in [-0.2, -0.15) is 0 Å². The van der Waals surface area contributed by atoms with Gasteiger partial charge in [0.05, 0.1) is 6.54 Å². The van der Waals surface area contributed by atoms with Gasteiger partial charge in [-0.05, 0) is 36.8 Å². The Balaban J connectivity index is 1.85. The third-order valence-electron chi connectivity index (χ3n) is 2.75. The molecule has 0 fully saturated rings. The summed E-state index contributed by atoms with van der Waals surface area (Å²) < 4.78 is 0. The lowest BCUT2D eigenvalue weighted by Gasteiger charge is -2.07. The van der Waals surface area contributed by atoms with Gasteiger partial charge in [0.2, 0.25) is 5.91 Å². The Morgan fingerprint density at radius 1 is 1.00 bits per heavy atom. The minimum absolute atomic E-state index is 0.0539. The summed E-state index contributed by atoms with van der Waals surface area (Å²) in [6.45, 7) is 1.90. The zero-order valence-electron chi connectivity index (χ0n) is 11.2. The second kappa shape index (κ2) is 6.52. The molecule has 0 saturated heterocycles. The SMILES string of the molecule is Cc1cccc(NC(=O)CNC(=O)c2ccccc2)c1. The first-order valence-electron chi connectivity index (χ1n) is 6.35. The number of aryl methyl sites for hydroxylation is 1. The van der Waals surface area contributed by atoms with Crippen LogP contribution in [0.1, 0.15) is 15.9 Å². The van der Waals surface area contributed by atoms with Crippen LogP contribution < -0.4 is 10.6 Å². The van der Waals surface area contributed by atoms with Gasteiger partial charge in [-0.25, -0.2) is 0 Å². The highest BCUT2D eigenvalue weighted by Crippen LogP contribution is 2.08. The lowest BCUT2D eigenvalue weighted by Crippen LogP contribution is -2.32. The van der Waals surface area contributed by atoms with E-state index in [1.54, 1.807) is 24.3 Å². The first-order valence-corrected chi connectivity index (χ1v) is 6.35. The first-order chi connectivity index (χ1) is 9.65. The molecule has 0 aliphatic carbocycles. The number of hydrogen-bond donors (Lipinski definition) is 2. The van der Waals surface area contributed by atoms with Gasteiger partial charge in [0.1, 0.15) is 0 Å². The van der Waals surface area contributed by atoms with Gasteiger partial charge in [0.15, 0.2) is 0 Å². The Morgan fingerprint density at radius 3 is 2.45 bits per heavy atom. The Bertz CT molecular complexity index is 609. The van der Waals surface area contributed by atoms with Gasteiger partial charge in [-0.1, -0.05) is 30.3 Å². The summed E-state index contributed by atoms with van der Waals surface area (Å²) in [5, 5.41) is 5.32. The molecule has 102 valence electrons. The largest absolute Gasteiger partial charge is 0.343 e. The predicted octanol–water partition coefficient (Wildman–Crippen LogP) is 2.36. The first kappa shape index (κ1) is 13.8. The van der Waals surface area contributed by atoms with Crippen molar-refractivity contribution in [1.82, 2.24) is 5.32 Å². The molecule has 2 rings (SSSR count). The van der Waals surface area contributed by atoms with Gasteiger partial charge < -0.3 is 10.6 Å². The number of carbonyl (C=O) groups excluding carboxylic acids is 2. The minimum Gasteiger partial charge on any atom is -0.343 e. The average molecular weight is 268 g/mol. The van der Waals surface area contributed by atoms with Crippen LogP contribution in [0.2, 0.25) is 0 Å². The van der Waals surface area contributed by atoms with E-state index in [0.29, 0.717) is 5.56 Å². The van der Waals surface area contributed by atoms with Crippen LogP contribution in [0.25, 0.3) is 0 Å². The monoisotopic (exact) mass is 268 g/mol. The fraction of sp³-hybridized carbons (Fsp3) is 0.125. The molecule has 0 aliphatic heterocycles. The Morgan fingerprint density at radius 2 is 1.75 bits per heavy atom. The Kier molecular flexibility index (Phi) is 4.50. The smallest absolute Gasteiger partial charge is 0.251 e. The maximum atomic E-state index is 11.8. The van der Waals surface area contributed by atoms with E-state index < -0.39 is 0 Å². The molecule has 4 nitrogen and oxygen atoms in total. The molecule has 2 aromatic carbocycles. The van der Waals surface area contributed by atoms with Crippen LogP contribution in [0.3, 0.4) is 0 Å². The summed E-state index contributed by atoms with van der Waals surface area (Å²) in [4.78, 5) is 23.5. The molecule has 4 heteroatoms. The predicted molar refractivity (Wildman–Crippen MR) is 78.6 cm³/mol. The number of amides is 2. The maximum absolute atomic E-state index is 11.8. The number of nitrogens with one attached hydrogen (secondary N) is 2. The molecule has 0 unspecified atom stereocenters. The van der Waals surface area contributed by atoms with Crippen molar-refractivity contribution in [1.29, 1.82) is 0 Å². The Hall–Kier alpha value is -2.62. The third kappa shape index (κ3) is 3.95. The number of hydrogen-bond acceptors (Lipinski definition) is 2. The van der Waals surface area contributed by atoms with E-state index in [1.165, 1.54) is 0 Å². The summed E-state index contributed by atoms with van der Waals surface area (Å²) >= 11 is 0. The molecule has 2 N–H and O–H groups in total. The molecule has 2 amide bonds. The van der Waals surface area contributed by atoms with Gasteiger partial charge >= 0.3 is 0 Å². The van der Waals surface area contributed by atoms with E-state index in [9.17, 15) is 9.59 Å². The number of anilines is 1. The molecule has 2 aromatic rings. The van der Waals surface area contributed by atoms with Crippen LogP contribution in [0.15, 0.2) is 54.6 Å². The average Bonchev–Trinajstić information content (AvgIpc) is 2.46. The van der Waals surface area contributed by atoms with Crippen molar-refractivity contribution in [2.24, 2.45) is 0 Å². The van der Waals surface area contributed by atoms with Crippen LogP contribution in [0.4, 0.5) is 5.69 Å². The lowest BCUT2D eigenvalue weighted by molar-refractivity contribution is -0.115. The number of carbonyl (C=O) groups is 2. The van der Waals surface area contributed by atoms with Crippen molar-refractivity contribution in [2.45, 2.75) is 6.92 Å². The standard InChI is InChI=1S/C16H16N2O2/c1-12-6-5-9-14(10-12)18-15(19)11-17-16(20)13-7-3-2-4-8-13/h2-10H,11H2,1H3,(H,17,20)(H,18,19). The molecule has 0 heterocycles. The van der Waals surface area contributed by atoms with Gasteiger partial charge in [-0.15, -0.1) is 0 Å². The van der Waals surface area contributed by atoms with Gasteiger partial charge in [0.25, 0.3) is 5.91 Å². The molecule has 20 heavy (non-hydrogen) atoms. The highest BCUT2D eigenvalue weighted by Gasteiger charge is 2.07.